The number of aromatic amines is 3. The number of H-pyrrole nitrogens is 3. The van der Waals surface area contributed by atoms with Gasteiger partial charge in [-0.2, -0.15) is 10.2 Å². The van der Waals surface area contributed by atoms with Gasteiger partial charge in [0.25, 0.3) is 0 Å². The number of anilines is 2. The number of fused-ring (bicyclic) bond motifs is 3. The number of hydrogen-bond acceptors (Lipinski definition) is 20. The lowest BCUT2D eigenvalue weighted by Gasteiger charge is -2.34. The summed E-state index contributed by atoms with van der Waals surface area (Å²) in [7, 11) is 4.31. The fourth-order valence-corrected chi connectivity index (χ4v) is 14.9. The van der Waals surface area contributed by atoms with Crippen molar-refractivity contribution in [3.63, 3.8) is 0 Å². The molecule has 0 unspecified atom stereocenters. The van der Waals surface area contributed by atoms with Crippen LogP contribution in [0.4, 0.5) is 11.4 Å². The van der Waals surface area contributed by atoms with Gasteiger partial charge >= 0.3 is 0 Å². The van der Waals surface area contributed by atoms with E-state index in [1.54, 1.807) is 17.8 Å². The minimum Gasteiger partial charge on any atom is -0.494 e. The zero-order valence-corrected chi connectivity index (χ0v) is 71.5. The van der Waals surface area contributed by atoms with Crippen LogP contribution in [0.2, 0.25) is 0 Å². The first-order valence-corrected chi connectivity index (χ1v) is 42.2. The zero-order chi connectivity index (χ0) is 85.3. The average Bonchev–Trinajstić information content (AvgIpc) is 1.09. The SMILES string of the molecule is C#CCNC(=O)[C@@H](CCNC(=O)CN(Cc1cn(CCCNC(=O)CCCOc2c(C(C)(C)C)cc(-c3nc4ccc(N5CCN(C)CC5)cc4[nH]3)cc2C(C)(C)C)nn1)C(=O)CN(CCC)C(=O)CN(CCC)C(=O)CCCOc1cccc(-c2nc3cc(-c4nc5ccc(N6CCN(C)CC6)cc5[nH]4)ccc3[nH]2)c1)NC(=O)CCC1(C)N=N1. The van der Waals surface area contributed by atoms with E-state index in [2.05, 4.69) is 186 Å². The minimum absolute atomic E-state index is 0.0156. The Hall–Kier alpha value is -11.8. The maximum atomic E-state index is 14.7. The van der Waals surface area contributed by atoms with Crippen LogP contribution in [0, 0.1) is 12.3 Å². The van der Waals surface area contributed by atoms with Crippen LogP contribution in [0.15, 0.2) is 107 Å². The number of imidazole rings is 3. The van der Waals surface area contributed by atoms with Gasteiger partial charge in [-0.25, -0.2) is 15.0 Å². The highest BCUT2D eigenvalue weighted by molar-refractivity contribution is 5.92. The van der Waals surface area contributed by atoms with Gasteiger partial charge in [-0.3, -0.25) is 38.2 Å². The van der Waals surface area contributed by atoms with Crippen LogP contribution < -0.4 is 40.5 Å². The summed E-state index contributed by atoms with van der Waals surface area (Å²) in [6.45, 7) is 26.9. The van der Waals surface area contributed by atoms with Crippen molar-refractivity contribution in [2.45, 2.75) is 162 Å². The number of aromatic nitrogens is 9. The minimum atomic E-state index is -1.06. The molecule has 9 aromatic rings. The number of ether oxygens (including phenoxy) is 2. The van der Waals surface area contributed by atoms with E-state index in [0.717, 1.165) is 131 Å². The van der Waals surface area contributed by atoms with Crippen molar-refractivity contribution in [2.24, 2.45) is 10.2 Å². The van der Waals surface area contributed by atoms with Gasteiger partial charge in [-0.1, -0.05) is 78.7 Å². The third-order valence-electron chi connectivity index (χ3n) is 22.0. The molecule has 31 nitrogen and oxygen atoms in total. The summed E-state index contributed by atoms with van der Waals surface area (Å²) in [5.41, 5.74) is 11.8. The molecule has 7 N–H and O–H groups in total. The molecule has 0 saturated carbocycles. The number of carbonyl (C=O) groups excluding carboxylic acids is 7. The van der Waals surface area contributed by atoms with Gasteiger partial charge in [-0.05, 0) is 149 Å². The lowest BCUT2D eigenvalue weighted by Crippen LogP contribution is -2.50. The molecular formula is C89H118N22O9. The topological polar surface area (TPSA) is 350 Å². The van der Waals surface area contributed by atoms with Gasteiger partial charge in [0.1, 0.15) is 40.7 Å². The number of hydrogen-bond donors (Lipinski definition) is 7. The third kappa shape index (κ3) is 23.8. The number of amides is 7. The monoisotopic (exact) mass is 1640 g/mol. The Kier molecular flexibility index (Phi) is 29.1. The van der Waals surface area contributed by atoms with Gasteiger partial charge < -0.3 is 80.0 Å². The molecule has 2 saturated heterocycles. The molecule has 0 spiro atoms. The molecule has 3 aliphatic rings. The number of rotatable bonds is 40. The number of likely N-dealkylation sites (N-methyl/N-ethyl adjacent to an activating group) is 2. The van der Waals surface area contributed by atoms with Crippen molar-refractivity contribution in [2.75, 3.05) is 142 Å². The second-order valence-electron chi connectivity index (χ2n) is 34.0. The number of carbonyl (C=O) groups is 7. The summed E-state index contributed by atoms with van der Waals surface area (Å²) < 4.78 is 14.5. The molecule has 1 atom stereocenters. The summed E-state index contributed by atoms with van der Waals surface area (Å²) in [6, 6.07) is 29.8. The summed E-state index contributed by atoms with van der Waals surface area (Å²) in [5, 5.41) is 27.8. The van der Waals surface area contributed by atoms with Gasteiger partial charge in [-0.15, -0.1) is 11.5 Å². The predicted octanol–water partition coefficient (Wildman–Crippen LogP) is 9.74. The first-order chi connectivity index (χ1) is 57.6. The molecule has 638 valence electrons. The fourth-order valence-electron chi connectivity index (χ4n) is 14.9. The summed E-state index contributed by atoms with van der Waals surface area (Å²) in [4.78, 5) is 136. The summed E-state index contributed by atoms with van der Waals surface area (Å²) in [6.07, 6.45) is 10.2. The van der Waals surface area contributed by atoms with Gasteiger partial charge in [0.15, 0.2) is 5.66 Å². The molecule has 12 rings (SSSR count). The van der Waals surface area contributed by atoms with Gasteiger partial charge in [0.05, 0.1) is 85.2 Å². The molecule has 0 bridgehead atoms. The molecular weight excluding hydrogens is 1520 g/mol. The number of piperazine rings is 2. The lowest BCUT2D eigenvalue weighted by atomic mass is 9.78. The van der Waals surface area contributed by atoms with E-state index in [1.807, 2.05) is 56.3 Å². The Labute approximate surface area is 702 Å². The standard InChI is InChI=1S/C89H118N22O9/c1-13-33-92-86(118)72(93-77(113)30-32-89(10)101-102-89)31-35-91-78(114)57-110(55-63-56-111(103-100-63)38-19-34-90-76(112)22-17-48-120-82-67(87(4,5)6)50-62(51-68(82)88(7,8)9)85-96-71-29-26-65(54-75(71)99-85)107-45-41-105(12)42-46-107)81(117)59-109(37-15-3)80(116)58-108(36-14-2)79(115)23-18-47-119-66-21-16-20-60(49-66)83-94-69-27-24-61(52-73(69)97-83)84-95-70-28-25-64(53-74(70)98-84)106-43-39-104(11)40-44-106/h1,16,20-21,24-29,49-54,56,72H,14-15,17-19,22-23,30-48,55,57-59H2,2-12H3,(H,90,112)(H,91,114)(H,92,118)(H,93,113)(H,94,97)(H,95,98)(H,96,99)/t72-/m1/s1. The fraction of sp³-hybridized carbons (Fsp3) is 0.506. The number of nitrogens with one attached hydrogen (secondary N) is 7. The van der Waals surface area contributed by atoms with Crippen LogP contribution in [0.5, 0.6) is 11.5 Å². The second kappa shape index (κ2) is 39.9. The molecule has 4 aromatic heterocycles. The smallest absolute Gasteiger partial charge is 0.243 e. The number of terminal acetylenes is 1. The number of benzene rings is 5. The van der Waals surface area contributed by atoms with E-state index >= 15 is 0 Å². The van der Waals surface area contributed by atoms with Crippen LogP contribution in [-0.2, 0) is 57.5 Å². The molecule has 3 aliphatic heterocycles. The van der Waals surface area contributed by atoms with Crippen LogP contribution in [0.1, 0.15) is 143 Å². The maximum absolute atomic E-state index is 14.7. The summed E-state index contributed by atoms with van der Waals surface area (Å²) >= 11 is 0. The molecule has 2 fully saturated rings. The number of aryl methyl sites for hydroxylation is 1. The van der Waals surface area contributed by atoms with Crippen molar-refractivity contribution >= 4 is 85.8 Å². The maximum Gasteiger partial charge on any atom is 0.243 e. The van der Waals surface area contributed by atoms with Crippen molar-refractivity contribution in [1.29, 1.82) is 0 Å². The van der Waals surface area contributed by atoms with Crippen LogP contribution in [-0.4, -0.2) is 254 Å². The van der Waals surface area contributed by atoms with E-state index in [0.29, 0.717) is 82.0 Å². The van der Waals surface area contributed by atoms with Crippen LogP contribution in [0.3, 0.4) is 0 Å². The van der Waals surface area contributed by atoms with E-state index in [-0.39, 0.29) is 87.7 Å². The van der Waals surface area contributed by atoms with Crippen molar-refractivity contribution in [1.82, 2.24) is 90.7 Å². The highest BCUT2D eigenvalue weighted by Crippen LogP contribution is 2.43. The van der Waals surface area contributed by atoms with E-state index in [4.69, 9.17) is 30.8 Å². The molecule has 7 heterocycles. The third-order valence-corrected chi connectivity index (χ3v) is 22.0. The highest BCUT2D eigenvalue weighted by atomic mass is 16.5. The Morgan fingerprint density at radius 2 is 1.14 bits per heavy atom. The lowest BCUT2D eigenvalue weighted by molar-refractivity contribution is -0.145. The highest BCUT2D eigenvalue weighted by Gasteiger charge is 2.36. The molecule has 7 amide bonds. The van der Waals surface area contributed by atoms with Crippen LogP contribution in [0.25, 0.3) is 67.3 Å². The van der Waals surface area contributed by atoms with Crippen molar-refractivity contribution < 1.29 is 43.0 Å². The first-order valence-electron chi connectivity index (χ1n) is 42.2. The van der Waals surface area contributed by atoms with E-state index < -0.39 is 54.3 Å². The Bertz CT molecular complexity index is 5120. The average molecular weight is 1640 g/mol. The summed E-state index contributed by atoms with van der Waals surface area (Å²) in [5.74, 6) is 3.06. The Morgan fingerprint density at radius 1 is 0.575 bits per heavy atom. The second-order valence-corrected chi connectivity index (χ2v) is 34.0. The Morgan fingerprint density at radius 3 is 1.75 bits per heavy atom. The quantitative estimate of drug-likeness (QED) is 0.0139. The normalized spacial score (nSPS) is 14.6. The molecule has 31 heteroatoms. The van der Waals surface area contributed by atoms with Crippen LogP contribution >= 0.6 is 0 Å². The van der Waals surface area contributed by atoms with Gasteiger partial charge in [0, 0.05) is 150 Å². The van der Waals surface area contributed by atoms with E-state index in [9.17, 15) is 33.6 Å². The van der Waals surface area contributed by atoms with Crippen molar-refractivity contribution in [3.8, 4) is 58.0 Å². The largest absolute Gasteiger partial charge is 0.494 e. The molecule has 0 radical (unpaired) electrons. The molecule has 120 heavy (non-hydrogen) atoms. The Balaban J connectivity index is 0.635. The molecule has 5 aromatic carbocycles. The predicted molar refractivity (Wildman–Crippen MR) is 465 cm³/mol. The number of nitrogens with zero attached hydrogens (tertiary/aromatic N) is 15. The zero-order valence-electron chi connectivity index (χ0n) is 71.5. The van der Waals surface area contributed by atoms with Crippen molar-refractivity contribution in [3.05, 3.63) is 114 Å². The first kappa shape index (κ1) is 87.5. The van der Waals surface area contributed by atoms with Gasteiger partial charge in [0.2, 0.25) is 41.4 Å². The van der Waals surface area contributed by atoms with E-state index in [1.165, 1.54) is 26.1 Å². The molecule has 0 aliphatic carbocycles.